The molecule has 1 heterocycles. The summed E-state index contributed by atoms with van der Waals surface area (Å²) in [5, 5.41) is 0.623. The number of nitrogens with zero attached hydrogens (tertiary/aromatic N) is 2. The van der Waals surface area contributed by atoms with Gasteiger partial charge in [0.05, 0.1) is 4.47 Å². The second-order valence-corrected chi connectivity index (χ2v) is 4.03. The number of hydrogen-bond donors (Lipinski definition) is 0. The lowest BCUT2D eigenvalue weighted by Crippen LogP contribution is -1.89. The predicted molar refractivity (Wildman–Crippen MR) is 61.3 cm³/mol. The van der Waals surface area contributed by atoms with Crippen LogP contribution in [0.4, 0.5) is 0 Å². The summed E-state index contributed by atoms with van der Waals surface area (Å²) in [5.74, 6) is 1.11. The molecule has 1 aromatic carbocycles. The Kier molecular flexibility index (Phi) is 3.18. The van der Waals surface area contributed by atoms with E-state index in [4.69, 9.17) is 16.3 Å². The molecule has 0 saturated heterocycles. The molecule has 76 valence electrons. The first-order valence-corrected chi connectivity index (χ1v) is 5.32. The molecule has 0 aliphatic carbocycles. The van der Waals surface area contributed by atoms with Crippen molar-refractivity contribution in [2.24, 2.45) is 0 Å². The molecule has 0 spiro atoms. The quantitative estimate of drug-likeness (QED) is 0.844. The summed E-state index contributed by atoms with van der Waals surface area (Å²) >= 11 is 9.12. The van der Waals surface area contributed by atoms with Crippen molar-refractivity contribution in [3.05, 3.63) is 46.3 Å². The summed E-state index contributed by atoms with van der Waals surface area (Å²) in [6, 6.07) is 7.12. The first kappa shape index (κ1) is 10.4. The molecule has 3 nitrogen and oxygen atoms in total. The van der Waals surface area contributed by atoms with Gasteiger partial charge in [0.25, 0.3) is 0 Å². The van der Waals surface area contributed by atoms with E-state index in [2.05, 4.69) is 25.9 Å². The number of aromatic nitrogens is 2. The van der Waals surface area contributed by atoms with Gasteiger partial charge < -0.3 is 4.74 Å². The second kappa shape index (κ2) is 4.59. The van der Waals surface area contributed by atoms with Gasteiger partial charge in [-0.25, -0.2) is 9.97 Å². The zero-order valence-electron chi connectivity index (χ0n) is 7.52. The van der Waals surface area contributed by atoms with E-state index in [1.807, 2.05) is 6.07 Å². The summed E-state index contributed by atoms with van der Waals surface area (Å²) in [5.41, 5.74) is 0. The van der Waals surface area contributed by atoms with Crippen LogP contribution in [0.3, 0.4) is 0 Å². The van der Waals surface area contributed by atoms with Gasteiger partial charge in [-0.1, -0.05) is 17.7 Å². The van der Waals surface area contributed by atoms with Crippen molar-refractivity contribution in [2.45, 2.75) is 0 Å². The average Bonchev–Trinajstić information content (AvgIpc) is 2.22. The van der Waals surface area contributed by atoms with Crippen LogP contribution in [0.2, 0.25) is 5.02 Å². The SMILES string of the molecule is Clc1cccc(Oc2ncncc2Br)c1. The molecule has 0 saturated carbocycles. The van der Waals surface area contributed by atoms with Crippen molar-refractivity contribution < 1.29 is 4.74 Å². The van der Waals surface area contributed by atoms with Gasteiger partial charge in [-0.3, -0.25) is 0 Å². The number of ether oxygens (including phenoxy) is 1. The van der Waals surface area contributed by atoms with Crippen LogP contribution < -0.4 is 4.74 Å². The molecule has 0 amide bonds. The fourth-order valence-electron chi connectivity index (χ4n) is 1.02. The van der Waals surface area contributed by atoms with Gasteiger partial charge in [0, 0.05) is 11.2 Å². The lowest BCUT2D eigenvalue weighted by Gasteiger charge is -2.05. The Morgan fingerprint density at radius 3 is 2.93 bits per heavy atom. The van der Waals surface area contributed by atoms with E-state index in [0.717, 1.165) is 0 Å². The maximum atomic E-state index is 5.83. The minimum atomic E-state index is 0.465. The van der Waals surface area contributed by atoms with Gasteiger partial charge in [-0.15, -0.1) is 0 Å². The molecule has 2 aromatic rings. The van der Waals surface area contributed by atoms with E-state index < -0.39 is 0 Å². The minimum Gasteiger partial charge on any atom is -0.438 e. The van der Waals surface area contributed by atoms with E-state index >= 15 is 0 Å². The largest absolute Gasteiger partial charge is 0.438 e. The van der Waals surface area contributed by atoms with Crippen molar-refractivity contribution in [3.63, 3.8) is 0 Å². The second-order valence-electron chi connectivity index (χ2n) is 2.74. The van der Waals surface area contributed by atoms with Gasteiger partial charge in [0.1, 0.15) is 12.1 Å². The monoisotopic (exact) mass is 284 g/mol. The van der Waals surface area contributed by atoms with Crippen LogP contribution in [-0.2, 0) is 0 Å². The predicted octanol–water partition coefficient (Wildman–Crippen LogP) is 3.68. The zero-order chi connectivity index (χ0) is 10.7. The zero-order valence-corrected chi connectivity index (χ0v) is 9.86. The third-order valence-corrected chi connectivity index (χ3v) is 2.42. The molecular formula is C10H6BrClN2O. The van der Waals surface area contributed by atoms with Crippen LogP contribution in [-0.4, -0.2) is 9.97 Å². The molecule has 0 aliphatic heterocycles. The Balaban J connectivity index is 2.26. The van der Waals surface area contributed by atoms with Crippen molar-refractivity contribution in [1.82, 2.24) is 9.97 Å². The summed E-state index contributed by atoms with van der Waals surface area (Å²) in [4.78, 5) is 7.82. The smallest absolute Gasteiger partial charge is 0.236 e. The minimum absolute atomic E-state index is 0.465. The standard InChI is InChI=1S/C10H6BrClN2O/c11-9-5-13-6-14-10(9)15-8-3-1-2-7(12)4-8/h1-6H. The highest BCUT2D eigenvalue weighted by Crippen LogP contribution is 2.27. The summed E-state index contributed by atoms with van der Waals surface area (Å²) in [6.07, 6.45) is 3.04. The topological polar surface area (TPSA) is 35.0 Å². The molecule has 0 bridgehead atoms. The lowest BCUT2D eigenvalue weighted by atomic mass is 10.3. The third-order valence-electron chi connectivity index (χ3n) is 1.64. The third kappa shape index (κ3) is 2.67. The molecule has 15 heavy (non-hydrogen) atoms. The van der Waals surface area contributed by atoms with Crippen molar-refractivity contribution >= 4 is 27.5 Å². The van der Waals surface area contributed by atoms with Crippen molar-refractivity contribution in [1.29, 1.82) is 0 Å². The normalized spacial score (nSPS) is 10.0. The Hall–Kier alpha value is -1.13. The van der Waals surface area contributed by atoms with Crippen LogP contribution in [0.15, 0.2) is 41.3 Å². The Morgan fingerprint density at radius 2 is 2.20 bits per heavy atom. The van der Waals surface area contributed by atoms with E-state index in [9.17, 15) is 0 Å². The number of benzene rings is 1. The van der Waals surface area contributed by atoms with Crippen LogP contribution in [0.5, 0.6) is 11.6 Å². The Labute approximate surface area is 100 Å². The molecule has 0 aliphatic rings. The molecule has 2 rings (SSSR count). The van der Waals surface area contributed by atoms with Crippen molar-refractivity contribution in [3.8, 4) is 11.6 Å². The Morgan fingerprint density at radius 1 is 1.33 bits per heavy atom. The highest BCUT2D eigenvalue weighted by atomic mass is 79.9. The van der Waals surface area contributed by atoms with E-state index in [-0.39, 0.29) is 0 Å². The molecule has 1 aromatic heterocycles. The molecule has 5 heteroatoms. The van der Waals surface area contributed by atoms with Crippen LogP contribution in [0, 0.1) is 0 Å². The highest BCUT2D eigenvalue weighted by Gasteiger charge is 2.03. The van der Waals surface area contributed by atoms with Gasteiger partial charge >= 0.3 is 0 Å². The lowest BCUT2D eigenvalue weighted by molar-refractivity contribution is 0.458. The molecular weight excluding hydrogens is 279 g/mol. The van der Waals surface area contributed by atoms with E-state index in [0.29, 0.717) is 21.1 Å². The van der Waals surface area contributed by atoms with Crippen LogP contribution >= 0.6 is 27.5 Å². The number of halogens is 2. The highest BCUT2D eigenvalue weighted by molar-refractivity contribution is 9.10. The van der Waals surface area contributed by atoms with E-state index in [1.54, 1.807) is 24.4 Å². The van der Waals surface area contributed by atoms with Gasteiger partial charge in [-0.05, 0) is 34.1 Å². The first-order valence-electron chi connectivity index (χ1n) is 4.14. The van der Waals surface area contributed by atoms with Gasteiger partial charge in [0.15, 0.2) is 0 Å². The molecule has 0 atom stereocenters. The van der Waals surface area contributed by atoms with Crippen molar-refractivity contribution in [2.75, 3.05) is 0 Å². The molecule has 0 fully saturated rings. The summed E-state index contributed by atoms with van der Waals surface area (Å²) in [6.45, 7) is 0. The average molecular weight is 286 g/mol. The van der Waals surface area contributed by atoms with Crippen LogP contribution in [0.1, 0.15) is 0 Å². The van der Waals surface area contributed by atoms with Crippen LogP contribution in [0.25, 0.3) is 0 Å². The number of hydrogen-bond acceptors (Lipinski definition) is 3. The van der Waals surface area contributed by atoms with Gasteiger partial charge in [0.2, 0.25) is 5.88 Å². The summed E-state index contributed by atoms with van der Waals surface area (Å²) in [7, 11) is 0. The molecule has 0 radical (unpaired) electrons. The fraction of sp³-hybridized carbons (Fsp3) is 0. The number of rotatable bonds is 2. The van der Waals surface area contributed by atoms with E-state index in [1.165, 1.54) is 6.33 Å². The maximum Gasteiger partial charge on any atom is 0.236 e. The Bertz CT molecular complexity index is 478. The van der Waals surface area contributed by atoms with Gasteiger partial charge in [-0.2, -0.15) is 0 Å². The molecule has 0 unspecified atom stereocenters. The fourth-order valence-corrected chi connectivity index (χ4v) is 1.50. The first-order chi connectivity index (χ1) is 7.25. The summed E-state index contributed by atoms with van der Waals surface area (Å²) < 4.78 is 6.21. The molecule has 0 N–H and O–H groups in total. The maximum absolute atomic E-state index is 5.83.